The molecule has 0 fully saturated rings. The average Bonchev–Trinajstić information content (AvgIpc) is 2.97. The summed E-state index contributed by atoms with van der Waals surface area (Å²) in [5, 5.41) is 3.43. The summed E-state index contributed by atoms with van der Waals surface area (Å²) in [4.78, 5) is 29.4. The highest BCUT2D eigenvalue weighted by molar-refractivity contribution is 7.92. The van der Waals surface area contributed by atoms with Crippen LogP contribution in [0.3, 0.4) is 0 Å². The van der Waals surface area contributed by atoms with E-state index in [-0.39, 0.29) is 30.6 Å². The fraction of sp³-hybridized carbons (Fsp3) is 0.355. The molecule has 3 aromatic rings. The van der Waals surface area contributed by atoms with Crippen LogP contribution >= 0.6 is 11.6 Å². The van der Waals surface area contributed by atoms with Gasteiger partial charge in [-0.1, -0.05) is 67.1 Å². The Labute approximate surface area is 253 Å². The van der Waals surface area contributed by atoms with E-state index in [1.165, 1.54) is 31.3 Å². The summed E-state index contributed by atoms with van der Waals surface area (Å²) in [5.74, 6) is -0.203. The van der Waals surface area contributed by atoms with Gasteiger partial charge in [-0.15, -0.1) is 0 Å². The molecule has 0 bridgehead atoms. The number of anilines is 1. The topological polar surface area (TPSA) is 105 Å². The molecule has 0 saturated heterocycles. The highest BCUT2D eigenvalue weighted by Crippen LogP contribution is 2.32. The number of benzene rings is 3. The summed E-state index contributed by atoms with van der Waals surface area (Å²) < 4.78 is 37.7. The Morgan fingerprint density at radius 3 is 2.19 bits per heavy atom. The minimum absolute atomic E-state index is 0.00648. The molecule has 11 heteroatoms. The number of nitrogens with one attached hydrogen (secondary N) is 1. The molecule has 3 rings (SSSR count). The minimum Gasteiger partial charge on any atom is -0.493 e. The number of halogens is 1. The third-order valence-corrected chi connectivity index (χ3v) is 8.41. The molecule has 1 N–H and O–H groups in total. The molecule has 0 saturated carbocycles. The first-order valence-corrected chi connectivity index (χ1v) is 15.8. The minimum atomic E-state index is -3.94. The van der Waals surface area contributed by atoms with Gasteiger partial charge >= 0.3 is 0 Å². The number of nitrogens with zero attached hydrogens (tertiary/aromatic N) is 2. The van der Waals surface area contributed by atoms with E-state index in [0.29, 0.717) is 28.5 Å². The first-order chi connectivity index (χ1) is 20.0. The van der Waals surface area contributed by atoms with Crippen molar-refractivity contribution in [1.29, 1.82) is 0 Å². The number of carbonyl (C=O) groups excluding carboxylic acids is 2. The summed E-state index contributed by atoms with van der Waals surface area (Å²) in [7, 11) is -1.03. The van der Waals surface area contributed by atoms with Crippen molar-refractivity contribution >= 4 is 39.1 Å². The molecular weight excluding hydrogens is 578 g/mol. The molecule has 0 aliphatic heterocycles. The van der Waals surface area contributed by atoms with Crippen molar-refractivity contribution in [2.24, 2.45) is 0 Å². The van der Waals surface area contributed by atoms with Crippen LogP contribution in [0.25, 0.3) is 0 Å². The van der Waals surface area contributed by atoms with Gasteiger partial charge in [0.2, 0.25) is 21.8 Å². The van der Waals surface area contributed by atoms with Gasteiger partial charge in [0.25, 0.3) is 0 Å². The number of hydrogen-bond acceptors (Lipinski definition) is 6. The smallest absolute Gasteiger partial charge is 0.244 e. The number of sulfonamides is 1. The lowest BCUT2D eigenvalue weighted by molar-refractivity contribution is -0.140. The molecule has 2 atom stereocenters. The molecule has 0 spiro atoms. The van der Waals surface area contributed by atoms with Crippen molar-refractivity contribution in [3.63, 3.8) is 0 Å². The quantitative estimate of drug-likeness (QED) is 0.282. The lowest BCUT2D eigenvalue weighted by atomic mass is 10.0. The third kappa shape index (κ3) is 8.62. The molecule has 226 valence electrons. The Hall–Kier alpha value is -3.76. The number of rotatable bonds is 14. The third-order valence-electron chi connectivity index (χ3n) is 6.90. The monoisotopic (exact) mass is 615 g/mol. The summed E-state index contributed by atoms with van der Waals surface area (Å²) in [6, 6.07) is 19.9. The fourth-order valence-corrected chi connectivity index (χ4v) is 5.44. The van der Waals surface area contributed by atoms with Crippen LogP contribution in [0.5, 0.6) is 11.5 Å². The number of hydrogen-bond donors (Lipinski definition) is 1. The highest BCUT2D eigenvalue weighted by Gasteiger charge is 2.34. The van der Waals surface area contributed by atoms with Crippen molar-refractivity contribution in [2.45, 2.75) is 45.3 Å². The Balaban J connectivity index is 2.09. The fourth-order valence-electron chi connectivity index (χ4n) is 4.40. The van der Waals surface area contributed by atoms with Gasteiger partial charge in [-0.25, -0.2) is 8.42 Å². The Morgan fingerprint density at radius 1 is 0.952 bits per heavy atom. The maximum atomic E-state index is 14.2. The van der Waals surface area contributed by atoms with Gasteiger partial charge in [0.05, 0.1) is 26.2 Å². The first-order valence-electron chi connectivity index (χ1n) is 13.5. The zero-order valence-corrected chi connectivity index (χ0v) is 26.1. The van der Waals surface area contributed by atoms with Gasteiger partial charge in [-0.3, -0.25) is 13.9 Å². The lowest BCUT2D eigenvalue weighted by Gasteiger charge is -2.34. The van der Waals surface area contributed by atoms with E-state index in [1.807, 2.05) is 44.2 Å². The van der Waals surface area contributed by atoms with Crippen molar-refractivity contribution < 1.29 is 27.5 Å². The van der Waals surface area contributed by atoms with Crippen LogP contribution < -0.4 is 19.1 Å². The summed E-state index contributed by atoms with van der Waals surface area (Å²) in [5.41, 5.74) is 1.68. The zero-order valence-electron chi connectivity index (χ0n) is 24.5. The van der Waals surface area contributed by atoms with Crippen LogP contribution in [0.15, 0.2) is 72.8 Å². The second-order valence-electron chi connectivity index (χ2n) is 9.95. The summed E-state index contributed by atoms with van der Waals surface area (Å²) in [6.45, 7) is 3.28. The van der Waals surface area contributed by atoms with Crippen LogP contribution in [0.1, 0.15) is 31.4 Å². The van der Waals surface area contributed by atoms with Crippen LogP contribution in [-0.2, 0) is 32.6 Å². The molecule has 0 aliphatic rings. The number of amides is 2. The predicted octanol–water partition coefficient (Wildman–Crippen LogP) is 4.68. The van der Waals surface area contributed by atoms with Crippen LogP contribution in [-0.4, -0.2) is 64.2 Å². The molecular formula is C31H38ClN3O6S. The van der Waals surface area contributed by atoms with Crippen LogP contribution in [0.2, 0.25) is 5.02 Å². The van der Waals surface area contributed by atoms with Gasteiger partial charge < -0.3 is 19.7 Å². The van der Waals surface area contributed by atoms with E-state index in [0.717, 1.165) is 16.1 Å². The van der Waals surface area contributed by atoms with Crippen molar-refractivity contribution in [1.82, 2.24) is 10.2 Å². The Kier molecular flexibility index (Phi) is 11.6. The largest absolute Gasteiger partial charge is 0.493 e. The van der Waals surface area contributed by atoms with Gasteiger partial charge in [0, 0.05) is 30.1 Å². The zero-order chi connectivity index (χ0) is 30.9. The molecule has 2 unspecified atom stereocenters. The highest BCUT2D eigenvalue weighted by atomic mass is 35.5. The van der Waals surface area contributed by atoms with Gasteiger partial charge in [-0.2, -0.15) is 0 Å². The normalized spacial score (nSPS) is 12.6. The second kappa shape index (κ2) is 14.9. The van der Waals surface area contributed by atoms with Crippen molar-refractivity contribution in [3.8, 4) is 11.5 Å². The average molecular weight is 616 g/mol. The molecule has 0 aromatic heterocycles. The standard InChI is InChI=1S/C31H38ClN3O6S/c1-6-22(2)33-31(37)27(18-23-12-8-7-9-13-23)34(20-24-14-10-11-15-26(24)32)30(36)21-35(42(5,38)39)25-16-17-28(40-3)29(19-25)41-4/h7-17,19,22,27H,6,18,20-21H2,1-5H3,(H,33,37). The van der Waals surface area contributed by atoms with E-state index in [1.54, 1.807) is 30.3 Å². The molecule has 0 radical (unpaired) electrons. The van der Waals surface area contributed by atoms with Crippen LogP contribution in [0.4, 0.5) is 5.69 Å². The summed E-state index contributed by atoms with van der Waals surface area (Å²) >= 11 is 6.49. The van der Waals surface area contributed by atoms with Gasteiger partial charge in [0.15, 0.2) is 11.5 Å². The molecule has 0 heterocycles. The SMILES string of the molecule is CCC(C)NC(=O)C(Cc1ccccc1)N(Cc1ccccc1Cl)C(=O)CN(c1ccc(OC)c(OC)c1)S(C)(=O)=O. The van der Waals surface area contributed by atoms with E-state index in [9.17, 15) is 18.0 Å². The van der Waals surface area contributed by atoms with Gasteiger partial charge in [0.1, 0.15) is 12.6 Å². The molecule has 3 aromatic carbocycles. The number of methoxy groups -OCH3 is 2. The molecule has 2 amide bonds. The first kappa shape index (κ1) is 32.8. The Morgan fingerprint density at radius 2 is 1.60 bits per heavy atom. The number of carbonyl (C=O) groups is 2. The van der Waals surface area contributed by atoms with E-state index >= 15 is 0 Å². The molecule has 0 aliphatic carbocycles. The second-order valence-corrected chi connectivity index (χ2v) is 12.3. The maximum Gasteiger partial charge on any atom is 0.244 e. The number of ether oxygens (including phenoxy) is 2. The Bertz CT molecular complexity index is 1470. The molecule has 9 nitrogen and oxygen atoms in total. The summed E-state index contributed by atoms with van der Waals surface area (Å²) in [6.07, 6.45) is 1.93. The van der Waals surface area contributed by atoms with E-state index in [4.69, 9.17) is 21.1 Å². The van der Waals surface area contributed by atoms with E-state index < -0.39 is 28.5 Å². The van der Waals surface area contributed by atoms with Crippen LogP contribution in [0, 0.1) is 0 Å². The lowest BCUT2D eigenvalue weighted by Crippen LogP contribution is -2.54. The van der Waals surface area contributed by atoms with E-state index in [2.05, 4.69) is 5.32 Å². The van der Waals surface area contributed by atoms with Crippen molar-refractivity contribution in [2.75, 3.05) is 31.3 Å². The van der Waals surface area contributed by atoms with Gasteiger partial charge in [-0.05, 0) is 42.7 Å². The maximum absolute atomic E-state index is 14.2. The van der Waals surface area contributed by atoms with Crippen molar-refractivity contribution in [3.05, 3.63) is 88.9 Å². The molecule has 42 heavy (non-hydrogen) atoms. The predicted molar refractivity (Wildman–Crippen MR) is 166 cm³/mol.